The number of amides is 1. The second-order valence-corrected chi connectivity index (χ2v) is 7.15. The molecule has 4 unspecified atom stereocenters. The van der Waals surface area contributed by atoms with Crippen molar-refractivity contribution in [1.82, 2.24) is 14.4 Å². The molecule has 4 nitrogen and oxygen atoms in total. The Hall–Kier alpha value is -1.81. The van der Waals surface area contributed by atoms with E-state index >= 15 is 0 Å². The number of para-hydroxylation sites is 1. The molecule has 3 fully saturated rings. The van der Waals surface area contributed by atoms with Crippen LogP contribution in [0.15, 0.2) is 30.5 Å². The zero-order valence-corrected chi connectivity index (χ0v) is 12.9. The summed E-state index contributed by atoms with van der Waals surface area (Å²) < 4.78 is 2.07. The minimum atomic E-state index is 0.246. The number of hydrogen-bond donors (Lipinski definition) is 0. The van der Waals surface area contributed by atoms with Crippen molar-refractivity contribution >= 4 is 16.8 Å². The molecule has 1 aromatic carbocycles. The van der Waals surface area contributed by atoms with Crippen molar-refractivity contribution in [2.75, 3.05) is 19.6 Å². The summed E-state index contributed by atoms with van der Waals surface area (Å²) in [6, 6.07) is 9.09. The highest BCUT2D eigenvalue weighted by atomic mass is 16.2. The van der Waals surface area contributed by atoms with Crippen LogP contribution in [-0.2, 0) is 7.05 Å². The first-order chi connectivity index (χ1) is 10.7. The lowest BCUT2D eigenvalue weighted by Crippen LogP contribution is -2.58. The summed E-state index contributed by atoms with van der Waals surface area (Å²) in [6.07, 6.45) is 4.48. The van der Waals surface area contributed by atoms with E-state index in [0.29, 0.717) is 12.1 Å². The third-order valence-electron chi connectivity index (χ3n) is 5.96. The van der Waals surface area contributed by atoms with Gasteiger partial charge >= 0.3 is 0 Å². The van der Waals surface area contributed by atoms with E-state index in [0.717, 1.165) is 35.5 Å². The van der Waals surface area contributed by atoms with Gasteiger partial charge in [-0.15, -0.1) is 0 Å². The molecule has 4 heterocycles. The summed E-state index contributed by atoms with van der Waals surface area (Å²) >= 11 is 0. The smallest absolute Gasteiger partial charge is 0.256 e. The second kappa shape index (κ2) is 4.35. The molecule has 0 spiro atoms. The third kappa shape index (κ3) is 1.59. The number of piperazine rings is 1. The van der Waals surface area contributed by atoms with Gasteiger partial charge in [-0.1, -0.05) is 18.2 Å². The molecule has 4 heteroatoms. The topological polar surface area (TPSA) is 28.5 Å². The van der Waals surface area contributed by atoms with Gasteiger partial charge in [0.05, 0.1) is 5.56 Å². The Morgan fingerprint density at radius 2 is 2.09 bits per heavy atom. The van der Waals surface area contributed by atoms with Crippen LogP contribution in [0.5, 0.6) is 0 Å². The van der Waals surface area contributed by atoms with Crippen LogP contribution in [0.1, 0.15) is 23.2 Å². The Labute approximate surface area is 130 Å². The summed E-state index contributed by atoms with van der Waals surface area (Å²) in [5.41, 5.74) is 2.02. The lowest BCUT2D eigenvalue weighted by atomic mass is 9.93. The standard InChI is InChI=1S/C18H21N3O/c1-19-10-15(14-4-2-3-5-16(14)19)18(22)21-13-8-12-6-7-20(9-13)11-17(12)21/h2-5,10,12-13,17H,6-9,11H2,1H3. The number of carbonyl (C=O) groups excluding carboxylic acids is 1. The molecular weight excluding hydrogens is 274 g/mol. The normalized spacial score (nSPS) is 32.9. The average Bonchev–Trinajstić information content (AvgIpc) is 2.90. The zero-order valence-electron chi connectivity index (χ0n) is 12.9. The fourth-order valence-corrected chi connectivity index (χ4v) is 4.96. The molecule has 2 aromatic rings. The van der Waals surface area contributed by atoms with E-state index in [4.69, 9.17) is 0 Å². The number of fused-ring (bicyclic) bond motifs is 3. The predicted molar refractivity (Wildman–Crippen MR) is 85.8 cm³/mol. The maximum absolute atomic E-state index is 13.3. The van der Waals surface area contributed by atoms with E-state index in [-0.39, 0.29) is 5.91 Å². The Morgan fingerprint density at radius 3 is 3.00 bits per heavy atom. The number of carbonyl (C=O) groups is 1. The Kier molecular flexibility index (Phi) is 2.51. The van der Waals surface area contributed by atoms with E-state index in [1.54, 1.807) is 0 Å². The molecule has 0 radical (unpaired) electrons. The van der Waals surface area contributed by atoms with Crippen LogP contribution in [0.4, 0.5) is 0 Å². The highest BCUT2D eigenvalue weighted by Crippen LogP contribution is 2.41. The van der Waals surface area contributed by atoms with Crippen LogP contribution in [0.3, 0.4) is 0 Å². The minimum absolute atomic E-state index is 0.246. The molecule has 1 amide bonds. The van der Waals surface area contributed by atoms with Crippen molar-refractivity contribution < 1.29 is 4.79 Å². The SMILES string of the molecule is Cn1cc(C(=O)N2C3CC4CCN(C3)CC42)c2ccccc21. The minimum Gasteiger partial charge on any atom is -0.350 e. The molecule has 0 aliphatic carbocycles. The summed E-state index contributed by atoms with van der Waals surface area (Å²) in [5.74, 6) is 0.971. The first-order valence-electron chi connectivity index (χ1n) is 8.31. The van der Waals surface area contributed by atoms with Gasteiger partial charge in [0, 0.05) is 49.3 Å². The summed E-state index contributed by atoms with van der Waals surface area (Å²) in [5, 5.41) is 1.09. The van der Waals surface area contributed by atoms with Gasteiger partial charge in [-0.3, -0.25) is 9.69 Å². The molecular formula is C18H21N3O. The predicted octanol–water partition coefficient (Wildman–Crippen LogP) is 2.10. The Balaban J connectivity index is 1.57. The van der Waals surface area contributed by atoms with Crippen LogP contribution in [0, 0.1) is 5.92 Å². The summed E-state index contributed by atoms with van der Waals surface area (Å²) in [6.45, 7) is 3.38. The first-order valence-corrected chi connectivity index (χ1v) is 8.31. The largest absolute Gasteiger partial charge is 0.350 e. The zero-order chi connectivity index (χ0) is 14.8. The molecule has 3 bridgehead atoms. The van der Waals surface area contributed by atoms with Crippen molar-refractivity contribution in [1.29, 1.82) is 0 Å². The molecule has 3 saturated heterocycles. The monoisotopic (exact) mass is 295 g/mol. The van der Waals surface area contributed by atoms with Gasteiger partial charge in [-0.25, -0.2) is 0 Å². The number of benzene rings is 1. The number of nitrogens with zero attached hydrogens (tertiary/aromatic N) is 3. The lowest BCUT2D eigenvalue weighted by Gasteiger charge is -2.44. The van der Waals surface area contributed by atoms with Gasteiger partial charge in [-0.2, -0.15) is 0 Å². The maximum Gasteiger partial charge on any atom is 0.256 e. The van der Waals surface area contributed by atoms with Crippen LogP contribution < -0.4 is 0 Å². The number of aromatic nitrogens is 1. The van der Waals surface area contributed by atoms with Gasteiger partial charge in [0.15, 0.2) is 0 Å². The fourth-order valence-electron chi connectivity index (χ4n) is 4.96. The van der Waals surface area contributed by atoms with E-state index < -0.39 is 0 Å². The molecule has 3 aliphatic rings. The van der Waals surface area contributed by atoms with E-state index in [9.17, 15) is 4.79 Å². The van der Waals surface area contributed by atoms with Crippen molar-refractivity contribution in [3.8, 4) is 0 Å². The van der Waals surface area contributed by atoms with Crippen LogP contribution in [0.25, 0.3) is 10.9 Å². The van der Waals surface area contributed by atoms with Crippen molar-refractivity contribution in [2.24, 2.45) is 13.0 Å². The lowest BCUT2D eigenvalue weighted by molar-refractivity contribution is 0.0263. The highest BCUT2D eigenvalue weighted by molar-refractivity contribution is 6.07. The quantitative estimate of drug-likeness (QED) is 0.806. The molecule has 22 heavy (non-hydrogen) atoms. The number of rotatable bonds is 1. The van der Waals surface area contributed by atoms with Crippen LogP contribution in [0.2, 0.25) is 0 Å². The maximum atomic E-state index is 13.3. The van der Waals surface area contributed by atoms with Gasteiger partial charge in [0.25, 0.3) is 5.91 Å². The summed E-state index contributed by atoms with van der Waals surface area (Å²) in [7, 11) is 2.03. The summed E-state index contributed by atoms with van der Waals surface area (Å²) in [4.78, 5) is 18.0. The number of piperidine rings is 1. The third-order valence-corrected chi connectivity index (χ3v) is 5.96. The van der Waals surface area contributed by atoms with E-state index in [1.165, 1.54) is 19.4 Å². The van der Waals surface area contributed by atoms with Crippen LogP contribution >= 0.6 is 0 Å². The first kappa shape index (κ1) is 12.7. The molecule has 3 aliphatic heterocycles. The van der Waals surface area contributed by atoms with Crippen molar-refractivity contribution in [3.63, 3.8) is 0 Å². The van der Waals surface area contributed by atoms with Gasteiger partial charge in [0.1, 0.15) is 0 Å². The van der Waals surface area contributed by atoms with Crippen molar-refractivity contribution in [3.05, 3.63) is 36.0 Å². The van der Waals surface area contributed by atoms with E-state index in [2.05, 4.69) is 26.5 Å². The van der Waals surface area contributed by atoms with Gasteiger partial charge < -0.3 is 9.47 Å². The van der Waals surface area contributed by atoms with E-state index in [1.807, 2.05) is 25.4 Å². The fraction of sp³-hybridized carbons (Fsp3) is 0.500. The molecule has 0 saturated carbocycles. The molecule has 0 N–H and O–H groups in total. The Bertz CT molecular complexity index is 761. The molecule has 114 valence electrons. The van der Waals surface area contributed by atoms with Crippen molar-refractivity contribution in [2.45, 2.75) is 24.9 Å². The molecule has 1 aromatic heterocycles. The van der Waals surface area contributed by atoms with Crippen LogP contribution in [-0.4, -0.2) is 52.0 Å². The second-order valence-electron chi connectivity index (χ2n) is 7.15. The highest BCUT2D eigenvalue weighted by Gasteiger charge is 2.50. The Morgan fingerprint density at radius 1 is 1.23 bits per heavy atom. The average molecular weight is 295 g/mol. The van der Waals surface area contributed by atoms with Gasteiger partial charge in [-0.05, 0) is 31.4 Å². The molecule has 4 atom stereocenters. The van der Waals surface area contributed by atoms with Gasteiger partial charge in [0.2, 0.25) is 0 Å². The number of aryl methyl sites for hydroxylation is 1. The molecule has 5 rings (SSSR count). The number of hydrogen-bond acceptors (Lipinski definition) is 2.